The Morgan fingerprint density at radius 3 is 2.64 bits per heavy atom. The molecule has 1 unspecified atom stereocenters. The molecule has 14 heavy (non-hydrogen) atoms. The number of carbonyl (C=O) groups is 1. The summed E-state index contributed by atoms with van der Waals surface area (Å²) in [6, 6.07) is 0. The molecular formula is C11H24N2O. The second kappa shape index (κ2) is 9.00. The van der Waals surface area contributed by atoms with Gasteiger partial charge in [-0.2, -0.15) is 0 Å². The summed E-state index contributed by atoms with van der Waals surface area (Å²) in [5.74, 6) is 0.287. The van der Waals surface area contributed by atoms with E-state index in [4.69, 9.17) is 5.73 Å². The van der Waals surface area contributed by atoms with Crippen LogP contribution in [-0.4, -0.2) is 19.0 Å². The number of nitrogens with two attached hydrogens (primary N) is 1. The monoisotopic (exact) mass is 200 g/mol. The molecule has 0 aliphatic carbocycles. The first kappa shape index (κ1) is 13.4. The van der Waals surface area contributed by atoms with Gasteiger partial charge < -0.3 is 11.1 Å². The summed E-state index contributed by atoms with van der Waals surface area (Å²) < 4.78 is 0. The van der Waals surface area contributed by atoms with Crippen molar-refractivity contribution in [1.29, 1.82) is 0 Å². The maximum absolute atomic E-state index is 11.5. The van der Waals surface area contributed by atoms with Gasteiger partial charge in [0.2, 0.25) is 5.91 Å². The molecule has 0 aliphatic heterocycles. The van der Waals surface area contributed by atoms with Gasteiger partial charge in [-0.15, -0.1) is 0 Å². The first-order chi connectivity index (χ1) is 6.72. The SMILES string of the molecule is CCCCCNC(=O)C(C)CCCN. The molecule has 1 amide bonds. The Bertz CT molecular complexity index is 148. The van der Waals surface area contributed by atoms with Crippen molar-refractivity contribution >= 4 is 5.91 Å². The predicted molar refractivity (Wildman–Crippen MR) is 60.0 cm³/mol. The Morgan fingerprint density at radius 1 is 1.36 bits per heavy atom. The molecule has 0 fully saturated rings. The van der Waals surface area contributed by atoms with E-state index in [2.05, 4.69) is 12.2 Å². The smallest absolute Gasteiger partial charge is 0.222 e. The average molecular weight is 200 g/mol. The highest BCUT2D eigenvalue weighted by Crippen LogP contribution is 2.04. The first-order valence-electron chi connectivity index (χ1n) is 5.70. The van der Waals surface area contributed by atoms with E-state index in [0.29, 0.717) is 6.54 Å². The minimum Gasteiger partial charge on any atom is -0.356 e. The Labute approximate surface area is 87.4 Å². The normalized spacial score (nSPS) is 12.5. The third-order valence-electron chi connectivity index (χ3n) is 2.37. The fraction of sp³-hybridized carbons (Fsp3) is 0.909. The van der Waals surface area contributed by atoms with Gasteiger partial charge in [0.25, 0.3) is 0 Å². The van der Waals surface area contributed by atoms with E-state index in [1.807, 2.05) is 6.92 Å². The lowest BCUT2D eigenvalue weighted by molar-refractivity contribution is -0.124. The molecule has 0 bridgehead atoms. The highest BCUT2D eigenvalue weighted by atomic mass is 16.1. The Hall–Kier alpha value is -0.570. The molecule has 0 saturated carbocycles. The predicted octanol–water partition coefficient (Wildman–Crippen LogP) is 1.67. The van der Waals surface area contributed by atoms with Crippen LogP contribution in [0.4, 0.5) is 0 Å². The van der Waals surface area contributed by atoms with E-state index in [1.165, 1.54) is 12.8 Å². The van der Waals surface area contributed by atoms with Gasteiger partial charge >= 0.3 is 0 Å². The molecule has 0 aromatic heterocycles. The standard InChI is InChI=1S/C11H24N2O/c1-3-4-5-9-13-11(14)10(2)7-6-8-12/h10H,3-9,12H2,1-2H3,(H,13,14). The van der Waals surface area contributed by atoms with Crippen molar-refractivity contribution in [3.05, 3.63) is 0 Å². The Morgan fingerprint density at radius 2 is 2.07 bits per heavy atom. The van der Waals surface area contributed by atoms with Gasteiger partial charge in [0.05, 0.1) is 0 Å². The van der Waals surface area contributed by atoms with E-state index < -0.39 is 0 Å². The minimum atomic E-state index is 0.111. The number of amides is 1. The van der Waals surface area contributed by atoms with Gasteiger partial charge in [0.15, 0.2) is 0 Å². The highest BCUT2D eigenvalue weighted by molar-refractivity contribution is 5.78. The molecule has 0 aliphatic rings. The van der Waals surface area contributed by atoms with Crippen LogP contribution in [0.5, 0.6) is 0 Å². The first-order valence-corrected chi connectivity index (χ1v) is 5.70. The van der Waals surface area contributed by atoms with Gasteiger partial charge in [0, 0.05) is 12.5 Å². The quantitative estimate of drug-likeness (QED) is 0.586. The molecule has 3 nitrogen and oxygen atoms in total. The lowest BCUT2D eigenvalue weighted by Crippen LogP contribution is -2.30. The van der Waals surface area contributed by atoms with E-state index in [1.54, 1.807) is 0 Å². The summed E-state index contributed by atoms with van der Waals surface area (Å²) in [6.07, 6.45) is 5.31. The van der Waals surface area contributed by atoms with Crippen molar-refractivity contribution in [2.75, 3.05) is 13.1 Å². The zero-order valence-corrected chi connectivity index (χ0v) is 9.51. The molecular weight excluding hydrogens is 176 g/mol. The van der Waals surface area contributed by atoms with Crippen LogP contribution < -0.4 is 11.1 Å². The molecule has 0 aromatic carbocycles. The molecule has 0 saturated heterocycles. The van der Waals surface area contributed by atoms with Gasteiger partial charge in [-0.3, -0.25) is 4.79 Å². The summed E-state index contributed by atoms with van der Waals surface area (Å²) in [4.78, 5) is 11.5. The third-order valence-corrected chi connectivity index (χ3v) is 2.37. The fourth-order valence-electron chi connectivity index (χ4n) is 1.32. The summed E-state index contributed by atoms with van der Waals surface area (Å²) in [5, 5.41) is 2.95. The number of hydrogen-bond acceptors (Lipinski definition) is 2. The summed E-state index contributed by atoms with van der Waals surface area (Å²) in [5.41, 5.74) is 5.38. The van der Waals surface area contributed by atoms with Crippen LogP contribution in [0.15, 0.2) is 0 Å². The molecule has 0 spiro atoms. The fourth-order valence-corrected chi connectivity index (χ4v) is 1.32. The molecule has 3 N–H and O–H groups in total. The second-order valence-corrected chi connectivity index (χ2v) is 3.83. The van der Waals surface area contributed by atoms with Crippen LogP contribution in [0, 0.1) is 5.92 Å². The number of unbranched alkanes of at least 4 members (excludes halogenated alkanes) is 2. The minimum absolute atomic E-state index is 0.111. The Kier molecular flexibility index (Phi) is 8.64. The zero-order valence-electron chi connectivity index (χ0n) is 9.51. The van der Waals surface area contributed by atoms with Crippen molar-refractivity contribution in [3.63, 3.8) is 0 Å². The van der Waals surface area contributed by atoms with Crippen molar-refractivity contribution in [3.8, 4) is 0 Å². The van der Waals surface area contributed by atoms with Crippen LogP contribution >= 0.6 is 0 Å². The van der Waals surface area contributed by atoms with Crippen LogP contribution in [0.25, 0.3) is 0 Å². The van der Waals surface area contributed by atoms with Crippen molar-refractivity contribution in [1.82, 2.24) is 5.32 Å². The third kappa shape index (κ3) is 6.89. The summed E-state index contributed by atoms with van der Waals surface area (Å²) >= 11 is 0. The van der Waals surface area contributed by atoms with E-state index in [9.17, 15) is 4.79 Å². The Balaban J connectivity index is 3.42. The van der Waals surface area contributed by atoms with Gasteiger partial charge in [-0.25, -0.2) is 0 Å². The second-order valence-electron chi connectivity index (χ2n) is 3.83. The van der Waals surface area contributed by atoms with Crippen LogP contribution in [0.1, 0.15) is 46.0 Å². The molecule has 0 heterocycles. The van der Waals surface area contributed by atoms with Gasteiger partial charge in [0.1, 0.15) is 0 Å². The van der Waals surface area contributed by atoms with E-state index in [0.717, 1.165) is 25.8 Å². The molecule has 3 heteroatoms. The topological polar surface area (TPSA) is 55.1 Å². The number of carbonyl (C=O) groups excluding carboxylic acids is 1. The lowest BCUT2D eigenvalue weighted by Gasteiger charge is -2.11. The van der Waals surface area contributed by atoms with Crippen molar-refractivity contribution in [2.45, 2.75) is 46.0 Å². The van der Waals surface area contributed by atoms with Crippen LogP contribution in [0.3, 0.4) is 0 Å². The molecule has 0 aromatic rings. The average Bonchev–Trinajstić information content (AvgIpc) is 2.20. The van der Waals surface area contributed by atoms with E-state index >= 15 is 0 Å². The lowest BCUT2D eigenvalue weighted by atomic mass is 10.0. The molecule has 0 radical (unpaired) electrons. The largest absolute Gasteiger partial charge is 0.356 e. The zero-order chi connectivity index (χ0) is 10.8. The van der Waals surface area contributed by atoms with E-state index in [-0.39, 0.29) is 11.8 Å². The number of nitrogens with one attached hydrogen (secondary N) is 1. The maximum Gasteiger partial charge on any atom is 0.222 e. The number of hydrogen-bond donors (Lipinski definition) is 2. The molecule has 0 rings (SSSR count). The molecule has 84 valence electrons. The molecule has 1 atom stereocenters. The summed E-state index contributed by atoms with van der Waals surface area (Å²) in [7, 11) is 0. The van der Waals surface area contributed by atoms with Gasteiger partial charge in [-0.05, 0) is 25.8 Å². The van der Waals surface area contributed by atoms with Crippen LogP contribution in [-0.2, 0) is 4.79 Å². The highest BCUT2D eigenvalue weighted by Gasteiger charge is 2.10. The number of rotatable bonds is 8. The van der Waals surface area contributed by atoms with Crippen molar-refractivity contribution < 1.29 is 4.79 Å². The summed E-state index contributed by atoms with van der Waals surface area (Å²) in [6.45, 7) is 5.61. The van der Waals surface area contributed by atoms with Crippen LogP contribution in [0.2, 0.25) is 0 Å². The van der Waals surface area contributed by atoms with Gasteiger partial charge in [-0.1, -0.05) is 26.7 Å². The maximum atomic E-state index is 11.5. The van der Waals surface area contributed by atoms with Crippen molar-refractivity contribution in [2.24, 2.45) is 11.7 Å².